The Balaban J connectivity index is 1.13. The maximum absolute atomic E-state index is 5.09. The minimum Gasteiger partial charge on any atom is -0.309 e. The lowest BCUT2D eigenvalue weighted by molar-refractivity contribution is 1.07. The summed E-state index contributed by atoms with van der Waals surface area (Å²) in [7, 11) is 0. The maximum atomic E-state index is 5.09. The lowest BCUT2D eigenvalue weighted by Crippen LogP contribution is -2.00. The topological polar surface area (TPSA) is 48.5 Å². The second-order valence-electron chi connectivity index (χ2n) is 14.4. The van der Waals surface area contributed by atoms with Gasteiger partial charge in [0, 0.05) is 64.1 Å². The second kappa shape index (κ2) is 12.6. The molecule has 6 heteroatoms. The van der Waals surface area contributed by atoms with Gasteiger partial charge in [-0.2, -0.15) is 0 Å². The van der Waals surface area contributed by atoms with Gasteiger partial charge in [-0.15, -0.1) is 11.3 Å². The Hall–Kier alpha value is -7.41. The van der Waals surface area contributed by atoms with E-state index in [1.807, 2.05) is 72.0 Å². The molecule has 0 atom stereocenters. The fraction of sp³-hybridized carbons (Fsp3) is 0. The first-order valence-electron chi connectivity index (χ1n) is 19.1. The van der Waals surface area contributed by atoms with E-state index in [0.29, 0.717) is 17.5 Å². The summed E-state index contributed by atoms with van der Waals surface area (Å²) in [6.07, 6.45) is 0. The number of rotatable bonds is 5. The average molecular weight is 746 g/mol. The molecule has 0 aliphatic heterocycles. The van der Waals surface area contributed by atoms with Crippen molar-refractivity contribution in [1.82, 2.24) is 24.1 Å². The van der Waals surface area contributed by atoms with Gasteiger partial charge in [-0.3, -0.25) is 0 Å². The third-order valence-electron chi connectivity index (χ3n) is 11.2. The SMILES string of the molecule is c1ccc(-c2nc(-c3ccccc3)nc(-c3ccc4c5c6sc7cccc(-n8c9ccccc9c9ccccc98)c7c6ccc5n(-c5ccccc5)c4c3)n2)cc1. The molecule has 0 aliphatic rings. The fourth-order valence-electron chi connectivity index (χ4n) is 8.67. The molecule has 0 radical (unpaired) electrons. The zero-order valence-electron chi connectivity index (χ0n) is 30.5. The molecule has 266 valence electrons. The summed E-state index contributed by atoms with van der Waals surface area (Å²) in [6.45, 7) is 0. The van der Waals surface area contributed by atoms with Crippen molar-refractivity contribution in [3.05, 3.63) is 188 Å². The number of hydrogen-bond acceptors (Lipinski definition) is 4. The van der Waals surface area contributed by atoms with Crippen LogP contribution in [0.4, 0.5) is 0 Å². The van der Waals surface area contributed by atoms with Crippen molar-refractivity contribution < 1.29 is 0 Å². The molecular weight excluding hydrogens is 715 g/mol. The van der Waals surface area contributed by atoms with Crippen LogP contribution in [0.15, 0.2) is 188 Å². The number of fused-ring (bicyclic) bond motifs is 10. The number of hydrogen-bond donors (Lipinski definition) is 0. The second-order valence-corrected chi connectivity index (χ2v) is 15.5. The van der Waals surface area contributed by atoms with Crippen molar-refractivity contribution in [2.75, 3.05) is 0 Å². The lowest BCUT2D eigenvalue weighted by Gasteiger charge is -2.11. The van der Waals surface area contributed by atoms with Gasteiger partial charge in [-0.25, -0.2) is 15.0 Å². The molecule has 0 bridgehead atoms. The molecule has 4 heterocycles. The highest BCUT2D eigenvalue weighted by atomic mass is 32.1. The first kappa shape index (κ1) is 31.9. The molecule has 0 aliphatic carbocycles. The molecule has 8 aromatic carbocycles. The number of para-hydroxylation sites is 3. The first-order chi connectivity index (χ1) is 28.3. The highest BCUT2D eigenvalue weighted by Gasteiger charge is 2.22. The van der Waals surface area contributed by atoms with Gasteiger partial charge < -0.3 is 9.13 Å². The van der Waals surface area contributed by atoms with Crippen LogP contribution in [0.1, 0.15) is 0 Å². The highest BCUT2D eigenvalue weighted by Crippen LogP contribution is 2.46. The molecule has 12 aromatic rings. The van der Waals surface area contributed by atoms with E-state index in [1.54, 1.807) is 0 Å². The Morgan fingerprint density at radius 3 is 1.56 bits per heavy atom. The number of benzene rings is 8. The molecule has 0 N–H and O–H groups in total. The van der Waals surface area contributed by atoms with Crippen molar-refractivity contribution in [3.63, 3.8) is 0 Å². The Kier molecular flexibility index (Phi) is 7.03. The lowest BCUT2D eigenvalue weighted by atomic mass is 10.1. The van der Waals surface area contributed by atoms with Crippen molar-refractivity contribution in [1.29, 1.82) is 0 Å². The summed E-state index contributed by atoms with van der Waals surface area (Å²) >= 11 is 1.88. The molecule has 0 spiro atoms. The molecule has 0 saturated heterocycles. The standard InChI is InChI=1S/C51H31N5S/c1-4-15-32(16-5-1)49-52-50(33-17-6-2-7-18-33)54-51(53-49)34-27-28-38-44(31-34)55(35-19-8-3-9-20-35)43-30-29-39-46-42(25-14-26-45(46)57-48(39)47(38)43)56-40-23-12-10-21-36(40)37-22-11-13-24-41(37)56/h1-31H. The molecule has 5 nitrogen and oxygen atoms in total. The molecule has 12 rings (SSSR count). The number of aromatic nitrogens is 5. The van der Waals surface area contributed by atoms with E-state index in [9.17, 15) is 0 Å². The van der Waals surface area contributed by atoms with Crippen molar-refractivity contribution in [2.24, 2.45) is 0 Å². The zero-order chi connectivity index (χ0) is 37.5. The largest absolute Gasteiger partial charge is 0.309 e. The van der Waals surface area contributed by atoms with Crippen LogP contribution in [-0.4, -0.2) is 24.1 Å². The Labute approximate surface area is 331 Å². The van der Waals surface area contributed by atoms with Crippen LogP contribution in [0.25, 0.3) is 109 Å². The molecule has 4 aromatic heterocycles. The summed E-state index contributed by atoms with van der Waals surface area (Å²) in [4.78, 5) is 15.1. The minimum absolute atomic E-state index is 0.636. The van der Waals surface area contributed by atoms with E-state index in [2.05, 4.69) is 137 Å². The summed E-state index contributed by atoms with van der Waals surface area (Å²) < 4.78 is 7.39. The van der Waals surface area contributed by atoms with Gasteiger partial charge in [0.2, 0.25) is 0 Å². The number of thiophene rings is 1. The van der Waals surface area contributed by atoms with Gasteiger partial charge in [-0.05, 0) is 48.5 Å². The summed E-state index contributed by atoms with van der Waals surface area (Å²) in [5.41, 5.74) is 9.82. The molecule has 57 heavy (non-hydrogen) atoms. The maximum Gasteiger partial charge on any atom is 0.164 e. The van der Waals surface area contributed by atoms with Gasteiger partial charge in [-0.1, -0.05) is 140 Å². The van der Waals surface area contributed by atoms with E-state index < -0.39 is 0 Å². The van der Waals surface area contributed by atoms with Gasteiger partial charge in [0.15, 0.2) is 17.5 Å². The van der Waals surface area contributed by atoms with Crippen LogP contribution in [0.3, 0.4) is 0 Å². The smallest absolute Gasteiger partial charge is 0.164 e. The van der Waals surface area contributed by atoms with Crippen LogP contribution in [0, 0.1) is 0 Å². The Morgan fingerprint density at radius 2 is 0.912 bits per heavy atom. The number of nitrogens with zero attached hydrogens (tertiary/aromatic N) is 5. The van der Waals surface area contributed by atoms with Crippen LogP contribution >= 0.6 is 11.3 Å². The fourth-order valence-corrected chi connectivity index (χ4v) is 9.95. The minimum atomic E-state index is 0.636. The van der Waals surface area contributed by atoms with Crippen LogP contribution in [0.2, 0.25) is 0 Å². The van der Waals surface area contributed by atoms with Crippen molar-refractivity contribution in [3.8, 4) is 45.5 Å². The predicted molar refractivity (Wildman–Crippen MR) is 238 cm³/mol. The van der Waals surface area contributed by atoms with Crippen molar-refractivity contribution in [2.45, 2.75) is 0 Å². The molecule has 0 unspecified atom stereocenters. The first-order valence-corrected chi connectivity index (χ1v) is 19.9. The van der Waals surface area contributed by atoms with Gasteiger partial charge in [0.1, 0.15) is 0 Å². The summed E-state index contributed by atoms with van der Waals surface area (Å²) in [5.74, 6) is 1.93. The predicted octanol–water partition coefficient (Wildman–Crippen LogP) is 13.4. The van der Waals surface area contributed by atoms with Gasteiger partial charge >= 0.3 is 0 Å². The van der Waals surface area contributed by atoms with Gasteiger partial charge in [0.25, 0.3) is 0 Å². The van der Waals surface area contributed by atoms with E-state index in [1.165, 1.54) is 58.4 Å². The Morgan fingerprint density at radius 1 is 0.351 bits per heavy atom. The highest BCUT2D eigenvalue weighted by molar-refractivity contribution is 7.27. The van der Waals surface area contributed by atoms with E-state index >= 15 is 0 Å². The molecular formula is C51H31N5S. The van der Waals surface area contributed by atoms with Crippen LogP contribution < -0.4 is 0 Å². The third-order valence-corrected chi connectivity index (χ3v) is 12.4. The van der Waals surface area contributed by atoms with E-state index in [-0.39, 0.29) is 0 Å². The van der Waals surface area contributed by atoms with E-state index in [4.69, 9.17) is 15.0 Å². The van der Waals surface area contributed by atoms with Gasteiger partial charge in [0.05, 0.1) is 27.8 Å². The quantitative estimate of drug-likeness (QED) is 0.176. The van der Waals surface area contributed by atoms with E-state index in [0.717, 1.165) is 33.4 Å². The normalized spacial score (nSPS) is 11.9. The zero-order valence-corrected chi connectivity index (χ0v) is 31.4. The van der Waals surface area contributed by atoms with Crippen molar-refractivity contribution >= 4 is 75.1 Å². The van der Waals surface area contributed by atoms with Crippen LogP contribution in [0.5, 0.6) is 0 Å². The summed E-state index contributed by atoms with van der Waals surface area (Å²) in [5, 5.41) is 7.49. The molecule has 0 amide bonds. The summed E-state index contributed by atoms with van der Waals surface area (Å²) in [6, 6.07) is 66.5. The molecule has 0 fully saturated rings. The monoisotopic (exact) mass is 745 g/mol. The Bertz CT molecular complexity index is 3400. The average Bonchev–Trinajstić information content (AvgIpc) is 3.95. The van der Waals surface area contributed by atoms with Crippen LogP contribution in [-0.2, 0) is 0 Å². The third kappa shape index (κ3) is 4.91. The molecule has 0 saturated carbocycles.